The van der Waals surface area contributed by atoms with Crippen LogP contribution in [0.3, 0.4) is 0 Å². The number of methoxy groups -OCH3 is 1. The predicted octanol–water partition coefficient (Wildman–Crippen LogP) is -4.82. The number of ketones is 2. The van der Waals surface area contributed by atoms with Gasteiger partial charge in [0.15, 0.2) is 0 Å². The minimum Gasteiger partial charge on any atom is -0.744 e. The van der Waals surface area contributed by atoms with Gasteiger partial charge in [-0.1, -0.05) is 0 Å². The third-order valence-corrected chi connectivity index (χ3v) is 10.8. The number of hydrogen-bond acceptors (Lipinski definition) is 22. The Balaban J connectivity index is 0.00000363. The van der Waals surface area contributed by atoms with Gasteiger partial charge in [0.05, 0.1) is 55.0 Å². The Bertz CT molecular complexity index is 3090. The fraction of sp³-hybridized carbons (Fsp3) is 0.0286. The molecule has 0 aromatic heterocycles. The Morgan fingerprint density at radius 1 is 0.703 bits per heavy atom. The van der Waals surface area contributed by atoms with Crippen molar-refractivity contribution in [2.24, 2.45) is 20.4 Å². The summed E-state index contributed by atoms with van der Waals surface area (Å²) in [7, 11) is -14.5. The molecule has 0 saturated carbocycles. The molecule has 0 bridgehead atoms. The van der Waals surface area contributed by atoms with E-state index in [1.54, 1.807) is 0 Å². The van der Waals surface area contributed by atoms with Gasteiger partial charge in [0.1, 0.15) is 59.0 Å². The van der Waals surface area contributed by atoms with Gasteiger partial charge in [-0.05, 0) is 78.4 Å². The van der Waals surface area contributed by atoms with Crippen LogP contribution in [0, 0.1) is 10.1 Å². The van der Waals surface area contributed by atoms with Crippen LogP contribution in [0.1, 0.15) is 15.9 Å². The number of aliphatic hydroxyl groups excluding tert-OH is 1. The maximum absolute atomic E-state index is 13.8. The van der Waals surface area contributed by atoms with E-state index in [9.17, 15) is 63.7 Å². The molecule has 4 aromatic carbocycles. The fourth-order valence-electron chi connectivity index (χ4n) is 5.39. The number of Topliss-reactive ketones (excluding diaryl/α,β-unsaturated/α-hetero) is 1. The van der Waals surface area contributed by atoms with Crippen LogP contribution in [-0.4, -0.2) is 79.0 Å². The SMILES string of the molecule is COc1ccc(N/N=C2\C(=O)c3c(cc(S(=O)(=O)[O-])cc3N=NC3=C/C(=N/Nc4ccc(Nc5ccc([N+](=O)[O-])cc5S(=O)(=O)[O-])cc4)C(=O)C=C3O)C=C2S(=O)(=O)[O-])cc1.[Na+].[Na+].[Na+]. The largest absolute Gasteiger partial charge is 1.00 e. The number of allylic oxidation sites excluding steroid dienone is 3. The standard InChI is InChI=1S/C35H26N8O15S3.3Na/c1-58-23-9-6-21(7-10-23)38-42-34-32(61(55,56)57)13-18-12-24(59(49,50)51)15-28(33(18)35(34)46)41-40-27-16-26(29(44)17-30(27)45)39-37-20-4-2-19(3-5-20)36-25-11-8-22(43(47)48)14-31(25)60(52,53)54;;;/h2-17,36-38,45H,1H3,(H,49,50,51)(H,52,53,54)(H,55,56,57);;;/q;3*+1/p-3/b39-26-,41-40?,42-34-;;;. The van der Waals surface area contributed by atoms with Crippen molar-refractivity contribution >= 4 is 93.5 Å². The number of nitro groups is 1. The summed E-state index contributed by atoms with van der Waals surface area (Å²) in [6.07, 6.45) is 2.25. The molecule has 0 unspecified atom stereocenters. The summed E-state index contributed by atoms with van der Waals surface area (Å²) in [4.78, 5) is 33.7. The monoisotopic (exact) mass is 960 g/mol. The van der Waals surface area contributed by atoms with E-state index in [-0.39, 0.29) is 117 Å². The van der Waals surface area contributed by atoms with Crippen LogP contribution < -0.4 is 110 Å². The van der Waals surface area contributed by atoms with Crippen molar-refractivity contribution in [3.05, 3.63) is 129 Å². The van der Waals surface area contributed by atoms with Gasteiger partial charge in [-0.25, -0.2) is 25.3 Å². The molecule has 0 spiro atoms. The Kier molecular flexibility index (Phi) is 18.2. The van der Waals surface area contributed by atoms with E-state index in [0.717, 1.165) is 18.2 Å². The van der Waals surface area contributed by atoms with Crippen molar-refractivity contribution in [3.63, 3.8) is 0 Å². The molecule has 64 heavy (non-hydrogen) atoms. The number of hydrazone groups is 2. The molecular weight excluding hydrogens is 938 g/mol. The molecular formula is C35H23N8Na3O15S3. The van der Waals surface area contributed by atoms with Gasteiger partial charge < -0.3 is 28.8 Å². The molecule has 29 heteroatoms. The molecule has 2 aliphatic rings. The average Bonchev–Trinajstić information content (AvgIpc) is 3.19. The van der Waals surface area contributed by atoms with Crippen molar-refractivity contribution in [3.8, 4) is 5.75 Å². The summed E-state index contributed by atoms with van der Waals surface area (Å²) < 4.78 is 113. The molecule has 0 radical (unpaired) electrons. The maximum Gasteiger partial charge on any atom is 1.00 e. The van der Waals surface area contributed by atoms with Crippen LogP contribution in [-0.2, 0) is 35.1 Å². The quantitative estimate of drug-likeness (QED) is 0.0244. The van der Waals surface area contributed by atoms with Crippen molar-refractivity contribution < 1.29 is 152 Å². The first kappa shape index (κ1) is 53.8. The number of carbonyl (C=O) groups is 2. The van der Waals surface area contributed by atoms with E-state index in [0.29, 0.717) is 36.1 Å². The molecule has 0 heterocycles. The second-order valence-electron chi connectivity index (χ2n) is 12.3. The second kappa shape index (κ2) is 21.7. The van der Waals surface area contributed by atoms with Crippen LogP contribution in [0.4, 0.5) is 34.1 Å². The number of nitrogens with one attached hydrogen (secondary N) is 3. The summed E-state index contributed by atoms with van der Waals surface area (Å²) in [5, 5.41) is 39.7. The number of aliphatic hydroxyl groups is 1. The van der Waals surface area contributed by atoms with Crippen LogP contribution in [0.25, 0.3) is 6.08 Å². The van der Waals surface area contributed by atoms with Gasteiger partial charge in [0.2, 0.25) is 11.6 Å². The van der Waals surface area contributed by atoms with Gasteiger partial charge in [-0.15, -0.1) is 10.2 Å². The molecule has 23 nitrogen and oxygen atoms in total. The smallest absolute Gasteiger partial charge is 0.744 e. The van der Waals surface area contributed by atoms with Crippen LogP contribution in [0.15, 0.2) is 138 Å². The number of carbonyl (C=O) groups excluding carboxylic acids is 2. The van der Waals surface area contributed by atoms with E-state index in [1.807, 2.05) is 0 Å². The van der Waals surface area contributed by atoms with Crippen molar-refractivity contribution in [2.45, 2.75) is 9.79 Å². The van der Waals surface area contributed by atoms with E-state index in [4.69, 9.17) is 4.74 Å². The average molecular weight is 961 g/mol. The first-order valence-corrected chi connectivity index (χ1v) is 20.7. The zero-order chi connectivity index (χ0) is 44.4. The maximum atomic E-state index is 13.8. The molecule has 2 aliphatic carbocycles. The number of nitro benzene ring substituents is 1. The number of azo groups is 1. The second-order valence-corrected chi connectivity index (χ2v) is 16.4. The number of hydrogen-bond donors (Lipinski definition) is 4. The van der Waals surface area contributed by atoms with Gasteiger partial charge in [-0.2, -0.15) is 10.2 Å². The minimum absolute atomic E-state index is 0. The number of rotatable bonds is 13. The molecule has 4 N–H and O–H groups in total. The van der Waals surface area contributed by atoms with Gasteiger partial charge in [0.25, 0.3) is 5.69 Å². The van der Waals surface area contributed by atoms with Gasteiger partial charge in [-0.3, -0.25) is 30.6 Å². The van der Waals surface area contributed by atoms with Crippen molar-refractivity contribution in [1.29, 1.82) is 0 Å². The first-order chi connectivity index (χ1) is 28.6. The minimum atomic E-state index is -5.46. The molecule has 314 valence electrons. The van der Waals surface area contributed by atoms with Crippen LogP contribution in [0.5, 0.6) is 5.75 Å². The van der Waals surface area contributed by atoms with Gasteiger partial charge in [0, 0.05) is 30.0 Å². The molecule has 0 saturated heterocycles. The number of ether oxygens (including phenoxy) is 1. The molecule has 4 aromatic rings. The van der Waals surface area contributed by atoms with Crippen molar-refractivity contribution in [2.75, 3.05) is 23.3 Å². The fourth-order valence-corrected chi connectivity index (χ4v) is 7.22. The number of benzene rings is 4. The van der Waals surface area contributed by atoms with E-state index in [1.165, 1.54) is 55.6 Å². The zero-order valence-corrected chi connectivity index (χ0v) is 41.8. The number of anilines is 4. The Morgan fingerprint density at radius 3 is 1.86 bits per heavy atom. The summed E-state index contributed by atoms with van der Waals surface area (Å²) in [5.74, 6) is -2.44. The zero-order valence-electron chi connectivity index (χ0n) is 33.4. The topological polar surface area (TPSA) is 364 Å². The summed E-state index contributed by atoms with van der Waals surface area (Å²) >= 11 is 0. The van der Waals surface area contributed by atoms with Crippen LogP contribution >= 0.6 is 0 Å². The van der Waals surface area contributed by atoms with Crippen LogP contribution in [0.2, 0.25) is 0 Å². The first-order valence-electron chi connectivity index (χ1n) is 16.5. The number of fused-ring (bicyclic) bond motifs is 1. The van der Waals surface area contributed by atoms with E-state index < -0.39 is 101 Å². The van der Waals surface area contributed by atoms with Gasteiger partial charge >= 0.3 is 88.7 Å². The van der Waals surface area contributed by atoms with Crippen molar-refractivity contribution in [1.82, 2.24) is 0 Å². The third-order valence-electron chi connectivity index (χ3n) is 8.26. The molecule has 0 atom stereocenters. The summed E-state index contributed by atoms with van der Waals surface area (Å²) in [5.41, 5.74) is 1.28. The summed E-state index contributed by atoms with van der Waals surface area (Å²) in [6, 6.07) is 15.4. The summed E-state index contributed by atoms with van der Waals surface area (Å²) in [6.45, 7) is 0. The number of nitrogens with zero attached hydrogens (tertiary/aromatic N) is 5. The molecule has 0 fully saturated rings. The third kappa shape index (κ3) is 12.9. The Morgan fingerprint density at radius 2 is 1.30 bits per heavy atom. The predicted molar refractivity (Wildman–Crippen MR) is 211 cm³/mol. The molecule has 0 aliphatic heterocycles. The normalized spacial score (nSPS) is 15.1. The molecule has 6 rings (SSSR count). The van der Waals surface area contributed by atoms with E-state index in [2.05, 4.69) is 36.6 Å². The molecule has 0 amide bonds. The Hall–Kier alpha value is -4.49. The Labute approximate surface area is 428 Å². The van der Waals surface area contributed by atoms with E-state index >= 15 is 0 Å². The number of non-ortho nitro benzene ring substituents is 1.